The van der Waals surface area contributed by atoms with Crippen LogP contribution in [0.5, 0.6) is 0 Å². The monoisotopic (exact) mass is 529 g/mol. The van der Waals surface area contributed by atoms with Crippen LogP contribution in [0.15, 0.2) is 43.9 Å². The van der Waals surface area contributed by atoms with Crippen LogP contribution in [0.25, 0.3) is 0 Å². The number of hydrogen-bond donors (Lipinski definition) is 5. The Kier molecular flexibility index (Phi) is 6.68. The summed E-state index contributed by atoms with van der Waals surface area (Å²) in [6, 6.07) is -1.96. The molecule has 0 saturated heterocycles. The molecule has 0 radical (unpaired) electrons. The largest absolute Gasteiger partial charge is 0.397 e. The third kappa shape index (κ3) is 4.79. The lowest BCUT2D eigenvalue weighted by molar-refractivity contribution is -0.117. The molecule has 35 heavy (non-hydrogen) atoms. The van der Waals surface area contributed by atoms with E-state index in [2.05, 4.69) is 5.32 Å². The van der Waals surface area contributed by atoms with Gasteiger partial charge in [-0.05, 0) is 38.7 Å². The van der Waals surface area contributed by atoms with Gasteiger partial charge in [-0.1, -0.05) is 0 Å². The van der Waals surface area contributed by atoms with Gasteiger partial charge in [-0.3, -0.25) is 24.0 Å². The molecule has 4 unspecified atom stereocenters. The first-order valence-electron chi connectivity index (χ1n) is 11.1. The van der Waals surface area contributed by atoms with E-state index in [-0.39, 0.29) is 23.1 Å². The minimum Gasteiger partial charge on any atom is -0.397 e. The zero-order valence-corrected chi connectivity index (χ0v) is 20.5. The second kappa shape index (κ2) is 9.03. The first kappa shape index (κ1) is 25.9. The minimum absolute atomic E-state index is 0.0628. The van der Waals surface area contributed by atoms with Crippen LogP contribution in [0.2, 0.25) is 0 Å². The van der Waals surface area contributed by atoms with Crippen molar-refractivity contribution in [3.63, 3.8) is 0 Å². The maximum absolute atomic E-state index is 13.5. The molecule has 1 aliphatic heterocycles. The van der Waals surface area contributed by atoms with Crippen LogP contribution < -0.4 is 16.8 Å². The van der Waals surface area contributed by atoms with E-state index in [1.54, 1.807) is 6.92 Å². The van der Waals surface area contributed by atoms with E-state index in [4.69, 9.17) is 16.2 Å². The fourth-order valence-electron chi connectivity index (χ4n) is 4.96. The summed E-state index contributed by atoms with van der Waals surface area (Å²) in [5, 5.41) is 2.87. The molecule has 192 valence electrons. The number of nitrogens with one attached hydrogen (secondary N) is 1. The summed E-state index contributed by atoms with van der Waals surface area (Å²) in [6.45, 7) is 1.58. The van der Waals surface area contributed by atoms with E-state index in [1.807, 2.05) is 0 Å². The average molecular weight is 530 g/mol. The SMILES string of the molecule is CC1OC(NC2CC(S(=O)(=O)O)=C(N)C3=C2C(=O)C2=C(CCCC2)C3=O)C=C(S(=O)(=O)O)CC1N. The first-order valence-corrected chi connectivity index (χ1v) is 14.0. The van der Waals surface area contributed by atoms with Crippen molar-refractivity contribution in [3.05, 3.63) is 43.9 Å². The van der Waals surface area contributed by atoms with E-state index >= 15 is 0 Å². The fourth-order valence-corrected chi connectivity index (χ4v) is 6.42. The molecule has 0 aromatic heterocycles. The summed E-state index contributed by atoms with van der Waals surface area (Å²) < 4.78 is 73.0. The molecule has 4 atom stereocenters. The highest BCUT2D eigenvalue weighted by Gasteiger charge is 2.45. The van der Waals surface area contributed by atoms with Gasteiger partial charge in [0, 0.05) is 41.6 Å². The van der Waals surface area contributed by atoms with E-state index in [0.717, 1.165) is 6.08 Å². The van der Waals surface area contributed by atoms with Gasteiger partial charge in [0.1, 0.15) is 6.23 Å². The summed E-state index contributed by atoms with van der Waals surface area (Å²) in [4.78, 5) is 25.8. The lowest BCUT2D eigenvalue weighted by atomic mass is 9.72. The predicted molar refractivity (Wildman–Crippen MR) is 123 cm³/mol. The van der Waals surface area contributed by atoms with Crippen molar-refractivity contribution in [2.45, 2.75) is 69.9 Å². The number of carbonyl (C=O) groups is 2. The van der Waals surface area contributed by atoms with Gasteiger partial charge in [0.25, 0.3) is 20.2 Å². The highest BCUT2D eigenvalue weighted by molar-refractivity contribution is 7.90. The van der Waals surface area contributed by atoms with E-state index < -0.39 is 78.1 Å². The van der Waals surface area contributed by atoms with Crippen LogP contribution in [0.4, 0.5) is 0 Å². The zero-order valence-electron chi connectivity index (χ0n) is 18.9. The second-order valence-electron chi connectivity index (χ2n) is 9.08. The highest BCUT2D eigenvalue weighted by Crippen LogP contribution is 2.42. The van der Waals surface area contributed by atoms with Crippen molar-refractivity contribution in [3.8, 4) is 0 Å². The number of hydrogen-bond acceptors (Lipinski definition) is 10. The predicted octanol–water partition coefficient (Wildman–Crippen LogP) is -0.0407. The number of carbonyl (C=O) groups excluding carboxylic acids is 2. The van der Waals surface area contributed by atoms with Gasteiger partial charge >= 0.3 is 0 Å². The minimum atomic E-state index is -4.84. The van der Waals surface area contributed by atoms with Crippen LogP contribution in [0.1, 0.15) is 45.4 Å². The van der Waals surface area contributed by atoms with Crippen molar-refractivity contribution >= 4 is 31.8 Å². The van der Waals surface area contributed by atoms with Crippen LogP contribution in [-0.4, -0.2) is 61.9 Å². The quantitative estimate of drug-likeness (QED) is 0.239. The van der Waals surface area contributed by atoms with Gasteiger partial charge < -0.3 is 16.2 Å². The Morgan fingerprint density at radius 3 is 2.17 bits per heavy atom. The van der Waals surface area contributed by atoms with Gasteiger partial charge in [-0.2, -0.15) is 16.8 Å². The van der Waals surface area contributed by atoms with Gasteiger partial charge in [0.15, 0.2) is 11.6 Å². The standard InChI is InChI=1S/C21H27N3O9S2/c1-9-13(22)6-10(34(27,28)29)7-16(33-9)24-14-8-15(35(30,31)32)19(23)18-17(14)20(25)11-4-2-3-5-12(11)21(18)26/h7,9,13-14,16,24H,2-6,8,22-23H2,1H3,(H,27,28,29)(H,30,31,32). The molecule has 12 nitrogen and oxygen atoms in total. The zero-order chi connectivity index (χ0) is 25.9. The smallest absolute Gasteiger partial charge is 0.292 e. The van der Waals surface area contributed by atoms with E-state index in [1.165, 1.54) is 0 Å². The van der Waals surface area contributed by atoms with Gasteiger partial charge in [-0.25, -0.2) is 0 Å². The summed E-state index contributed by atoms with van der Waals surface area (Å²) in [6.07, 6.45) is 0.582. The Hall–Kier alpha value is -2.20. The number of ketones is 2. The maximum atomic E-state index is 13.5. The van der Waals surface area contributed by atoms with Crippen molar-refractivity contribution < 1.29 is 40.3 Å². The van der Waals surface area contributed by atoms with Crippen LogP contribution in [-0.2, 0) is 34.6 Å². The normalized spacial score (nSPS) is 30.7. The van der Waals surface area contributed by atoms with Gasteiger partial charge in [0.05, 0.1) is 27.2 Å². The lowest BCUT2D eigenvalue weighted by Gasteiger charge is -2.36. The summed E-state index contributed by atoms with van der Waals surface area (Å²) in [7, 11) is -9.47. The summed E-state index contributed by atoms with van der Waals surface area (Å²) in [5.74, 6) is -1.02. The molecule has 0 amide bonds. The molecule has 1 heterocycles. The number of nitrogens with two attached hydrogens (primary N) is 2. The molecule has 14 heteroatoms. The highest BCUT2D eigenvalue weighted by atomic mass is 32.2. The summed E-state index contributed by atoms with van der Waals surface area (Å²) in [5.41, 5.74) is 11.8. The molecule has 4 rings (SSSR count). The Labute approximate surface area is 202 Å². The number of allylic oxidation sites excluding steroid dienone is 3. The lowest BCUT2D eigenvalue weighted by Crippen LogP contribution is -2.49. The van der Waals surface area contributed by atoms with E-state index in [0.29, 0.717) is 31.3 Å². The molecule has 0 spiro atoms. The van der Waals surface area contributed by atoms with Crippen molar-refractivity contribution in [2.75, 3.05) is 0 Å². The molecule has 0 saturated carbocycles. The number of rotatable bonds is 4. The molecule has 7 N–H and O–H groups in total. The number of Topliss-reactive ketones (excluding diaryl/α,β-unsaturated/α-hetero) is 2. The molecule has 3 aliphatic carbocycles. The molecular weight excluding hydrogens is 502 g/mol. The maximum Gasteiger partial charge on any atom is 0.292 e. The Morgan fingerprint density at radius 1 is 1.00 bits per heavy atom. The Morgan fingerprint density at radius 2 is 1.60 bits per heavy atom. The van der Waals surface area contributed by atoms with Crippen LogP contribution >= 0.6 is 0 Å². The van der Waals surface area contributed by atoms with Crippen molar-refractivity contribution in [1.82, 2.24) is 5.32 Å². The topological polar surface area (TPSA) is 216 Å². The molecule has 0 aromatic rings. The Bertz CT molecular complexity index is 1340. The molecular formula is C21H27N3O9S2. The molecule has 0 bridgehead atoms. The average Bonchev–Trinajstić information content (AvgIpc) is 2.90. The van der Waals surface area contributed by atoms with Crippen molar-refractivity contribution in [1.29, 1.82) is 0 Å². The van der Waals surface area contributed by atoms with Crippen molar-refractivity contribution in [2.24, 2.45) is 11.5 Å². The summed E-state index contributed by atoms with van der Waals surface area (Å²) >= 11 is 0. The third-order valence-electron chi connectivity index (χ3n) is 6.81. The first-order chi connectivity index (χ1) is 16.2. The molecule has 4 aliphatic rings. The Balaban J connectivity index is 1.82. The van der Waals surface area contributed by atoms with Gasteiger partial charge in [0.2, 0.25) is 0 Å². The molecule has 0 fully saturated rings. The van der Waals surface area contributed by atoms with E-state index in [9.17, 15) is 35.5 Å². The number of ether oxygens (including phenoxy) is 1. The van der Waals surface area contributed by atoms with Gasteiger partial charge in [-0.15, -0.1) is 0 Å². The molecule has 0 aromatic carbocycles. The van der Waals surface area contributed by atoms with Crippen LogP contribution in [0.3, 0.4) is 0 Å². The second-order valence-corrected chi connectivity index (χ2v) is 12.0. The third-order valence-corrected chi connectivity index (χ3v) is 8.79. The van der Waals surface area contributed by atoms with Crippen LogP contribution in [0, 0.1) is 0 Å². The fraction of sp³-hybridized carbons (Fsp3) is 0.524.